The lowest BCUT2D eigenvalue weighted by Crippen LogP contribution is -2.03. The second kappa shape index (κ2) is 6.35. The van der Waals surface area contributed by atoms with Gasteiger partial charge in [0.15, 0.2) is 11.5 Å². The van der Waals surface area contributed by atoms with Crippen molar-refractivity contribution < 1.29 is 19.4 Å². The third-order valence-electron chi connectivity index (χ3n) is 2.18. The van der Waals surface area contributed by atoms with Crippen LogP contribution in [0.4, 0.5) is 5.69 Å². The van der Waals surface area contributed by atoms with Gasteiger partial charge in [-0.15, -0.1) is 0 Å². The molecule has 0 bridgehead atoms. The van der Waals surface area contributed by atoms with Gasteiger partial charge in [0.1, 0.15) is 0 Å². The largest absolute Gasteiger partial charge is 0.493 e. The fraction of sp³-hybridized carbons (Fsp3) is 0.273. The minimum absolute atomic E-state index is 0.142. The number of aliphatic imine (C=N–C) groups is 1. The summed E-state index contributed by atoms with van der Waals surface area (Å²) in [6.45, 7) is 0. The van der Waals surface area contributed by atoms with Crippen LogP contribution in [0.5, 0.6) is 11.5 Å². The monoisotopic (exact) mass is 287 g/mol. The zero-order chi connectivity index (χ0) is 13.7. The van der Waals surface area contributed by atoms with Crippen LogP contribution in [-0.4, -0.2) is 30.5 Å². The van der Waals surface area contributed by atoms with Crippen LogP contribution in [0, 0.1) is 0 Å². The van der Waals surface area contributed by atoms with Gasteiger partial charge in [0.2, 0.25) is 0 Å². The maximum atomic E-state index is 10.8. The number of methoxy groups -OCH3 is 2. The van der Waals surface area contributed by atoms with Gasteiger partial charge in [-0.2, -0.15) is 4.99 Å². The van der Waals surface area contributed by atoms with Crippen molar-refractivity contribution in [2.75, 3.05) is 14.2 Å². The second-order valence-corrected chi connectivity index (χ2v) is 3.76. The molecule has 1 rings (SSSR count). The number of thiocarbonyl (C=S) groups is 1. The number of aliphatic carboxylic acids is 1. The van der Waals surface area contributed by atoms with Gasteiger partial charge in [0, 0.05) is 11.6 Å². The van der Waals surface area contributed by atoms with Gasteiger partial charge in [-0.3, -0.25) is 4.79 Å². The highest BCUT2D eigenvalue weighted by molar-refractivity contribution is 7.78. The Hall–Kier alpha value is -1.62. The first kappa shape index (κ1) is 14.4. The fourth-order valence-electron chi connectivity index (χ4n) is 1.44. The maximum Gasteiger partial charge on any atom is 0.307 e. The molecule has 7 heteroatoms. The molecule has 0 saturated carbocycles. The third-order valence-corrected chi connectivity index (χ3v) is 2.67. The van der Waals surface area contributed by atoms with Crippen molar-refractivity contribution in [2.45, 2.75) is 6.42 Å². The number of rotatable bonds is 5. The third kappa shape index (κ3) is 2.98. The van der Waals surface area contributed by atoms with Crippen molar-refractivity contribution in [3.05, 3.63) is 16.7 Å². The van der Waals surface area contributed by atoms with Gasteiger partial charge in [0.05, 0.1) is 36.5 Å². The normalized spacial score (nSPS) is 9.50. The second-order valence-electron chi connectivity index (χ2n) is 3.20. The van der Waals surface area contributed by atoms with Crippen LogP contribution in [-0.2, 0) is 11.2 Å². The highest BCUT2D eigenvalue weighted by Crippen LogP contribution is 2.42. The average molecular weight is 288 g/mol. The number of benzene rings is 1. The van der Waals surface area contributed by atoms with Crippen molar-refractivity contribution in [3.63, 3.8) is 0 Å². The molecule has 1 aromatic rings. The topological polar surface area (TPSA) is 68.1 Å². The first-order chi connectivity index (χ1) is 8.54. The number of ether oxygens (including phenoxy) is 2. The minimum atomic E-state index is -1.04. The Labute approximate surface area is 114 Å². The molecule has 0 amide bonds. The Bertz CT molecular complexity index is 526. The number of isothiocyanates is 1. The van der Waals surface area contributed by atoms with Gasteiger partial charge in [-0.25, -0.2) is 0 Å². The molecule has 0 aliphatic rings. The molecular weight excluding hydrogens is 278 g/mol. The molecule has 1 N–H and O–H groups in total. The number of hydrogen-bond donors (Lipinski definition) is 1. The van der Waals surface area contributed by atoms with E-state index in [1.165, 1.54) is 20.3 Å². The van der Waals surface area contributed by atoms with Crippen LogP contribution >= 0.6 is 23.8 Å². The molecule has 0 unspecified atom stereocenters. The van der Waals surface area contributed by atoms with Gasteiger partial charge in [0.25, 0.3) is 0 Å². The summed E-state index contributed by atoms with van der Waals surface area (Å²) in [5, 5.41) is 11.2. The van der Waals surface area contributed by atoms with E-state index >= 15 is 0 Å². The molecule has 0 aliphatic carbocycles. The molecule has 0 heterocycles. The summed E-state index contributed by atoms with van der Waals surface area (Å²) in [5.74, 6) is -0.427. The summed E-state index contributed by atoms with van der Waals surface area (Å²) in [6, 6.07) is 1.50. The smallest absolute Gasteiger partial charge is 0.307 e. The van der Waals surface area contributed by atoms with Crippen LogP contribution in [0.1, 0.15) is 5.56 Å². The van der Waals surface area contributed by atoms with Crippen molar-refractivity contribution in [2.24, 2.45) is 4.99 Å². The summed E-state index contributed by atoms with van der Waals surface area (Å²) in [4.78, 5) is 14.6. The van der Waals surface area contributed by atoms with E-state index in [1.807, 2.05) is 0 Å². The maximum absolute atomic E-state index is 10.8. The van der Waals surface area contributed by atoms with E-state index in [2.05, 4.69) is 22.4 Å². The molecule has 18 heavy (non-hydrogen) atoms. The zero-order valence-corrected chi connectivity index (χ0v) is 11.3. The van der Waals surface area contributed by atoms with Crippen LogP contribution in [0.25, 0.3) is 0 Å². The summed E-state index contributed by atoms with van der Waals surface area (Å²) in [6.07, 6.45) is -0.297. The SMILES string of the molecule is COc1cc(N=C=S)c(CC(=O)O)c(Cl)c1OC. The Morgan fingerprint density at radius 1 is 1.56 bits per heavy atom. The molecule has 0 aromatic heterocycles. The van der Waals surface area contributed by atoms with Crippen molar-refractivity contribution in [1.29, 1.82) is 0 Å². The van der Waals surface area contributed by atoms with E-state index in [9.17, 15) is 4.79 Å². The standard InChI is InChI=1S/C11H10ClNO4S/c1-16-8-4-7(13-5-18)6(3-9(14)15)10(12)11(8)17-2/h4H,3H2,1-2H3,(H,14,15). The lowest BCUT2D eigenvalue weighted by Gasteiger charge is -2.13. The van der Waals surface area contributed by atoms with E-state index in [1.54, 1.807) is 0 Å². The van der Waals surface area contributed by atoms with Crippen LogP contribution in [0.2, 0.25) is 5.02 Å². The van der Waals surface area contributed by atoms with Gasteiger partial charge >= 0.3 is 5.97 Å². The Balaban J connectivity index is 3.53. The molecule has 0 radical (unpaired) electrons. The summed E-state index contributed by atoms with van der Waals surface area (Å²) >= 11 is 10.6. The number of hydrogen-bond acceptors (Lipinski definition) is 5. The number of halogens is 1. The van der Waals surface area contributed by atoms with E-state index in [-0.39, 0.29) is 17.2 Å². The minimum Gasteiger partial charge on any atom is -0.493 e. The zero-order valence-electron chi connectivity index (χ0n) is 9.69. The van der Waals surface area contributed by atoms with Gasteiger partial charge < -0.3 is 14.6 Å². The van der Waals surface area contributed by atoms with Crippen LogP contribution in [0.3, 0.4) is 0 Å². The number of nitrogens with zero attached hydrogens (tertiary/aromatic N) is 1. The van der Waals surface area contributed by atoms with Gasteiger partial charge in [-0.05, 0) is 12.2 Å². The highest BCUT2D eigenvalue weighted by atomic mass is 35.5. The van der Waals surface area contributed by atoms with E-state index in [4.69, 9.17) is 26.2 Å². The first-order valence-corrected chi connectivity index (χ1v) is 5.56. The van der Waals surface area contributed by atoms with E-state index in [0.717, 1.165) is 0 Å². The van der Waals surface area contributed by atoms with Crippen molar-refractivity contribution in [1.82, 2.24) is 0 Å². The molecular formula is C11H10ClNO4S. The van der Waals surface area contributed by atoms with Crippen LogP contribution in [0.15, 0.2) is 11.1 Å². The van der Waals surface area contributed by atoms with Gasteiger partial charge in [-0.1, -0.05) is 11.6 Å². The summed E-state index contributed by atoms with van der Waals surface area (Å²) in [7, 11) is 2.85. The fourth-order valence-corrected chi connectivity index (χ4v) is 1.88. The van der Waals surface area contributed by atoms with E-state index < -0.39 is 5.97 Å². The molecule has 0 saturated heterocycles. The molecule has 0 spiro atoms. The summed E-state index contributed by atoms with van der Waals surface area (Å²) < 4.78 is 10.2. The predicted octanol–water partition coefficient (Wildman–Crippen LogP) is 2.72. The molecule has 0 fully saturated rings. The number of carbonyl (C=O) groups is 1. The quantitative estimate of drug-likeness (QED) is 0.666. The molecule has 5 nitrogen and oxygen atoms in total. The summed E-state index contributed by atoms with van der Waals surface area (Å²) in [5.41, 5.74) is 0.606. The predicted molar refractivity (Wildman–Crippen MR) is 70.6 cm³/mol. The van der Waals surface area contributed by atoms with Crippen molar-refractivity contribution in [3.8, 4) is 11.5 Å². The Morgan fingerprint density at radius 2 is 2.22 bits per heavy atom. The molecule has 0 atom stereocenters. The molecule has 1 aromatic carbocycles. The van der Waals surface area contributed by atoms with Crippen LogP contribution < -0.4 is 9.47 Å². The molecule has 0 aliphatic heterocycles. The van der Waals surface area contributed by atoms with Crippen molar-refractivity contribution >= 4 is 40.6 Å². The Kier molecular flexibility index (Phi) is 5.09. The Morgan fingerprint density at radius 3 is 2.67 bits per heavy atom. The average Bonchev–Trinajstić information content (AvgIpc) is 2.33. The highest BCUT2D eigenvalue weighted by Gasteiger charge is 2.19. The first-order valence-electron chi connectivity index (χ1n) is 4.78. The van der Waals surface area contributed by atoms with E-state index in [0.29, 0.717) is 17.0 Å². The molecule has 96 valence electrons. The lowest BCUT2D eigenvalue weighted by molar-refractivity contribution is -0.136. The lowest BCUT2D eigenvalue weighted by atomic mass is 10.1. The number of carboxylic acid groups (broad SMARTS) is 1. The number of carboxylic acids is 1.